The summed E-state index contributed by atoms with van der Waals surface area (Å²) in [5, 5.41) is 15.0. The molecule has 0 aliphatic carbocycles. The Morgan fingerprint density at radius 1 is 1.38 bits per heavy atom. The topological polar surface area (TPSA) is 95.1 Å². The summed E-state index contributed by atoms with van der Waals surface area (Å²) in [5.41, 5.74) is 1.54. The van der Waals surface area contributed by atoms with Gasteiger partial charge in [-0.2, -0.15) is 0 Å². The predicted molar refractivity (Wildman–Crippen MR) is 114 cm³/mol. The summed E-state index contributed by atoms with van der Waals surface area (Å²) < 4.78 is 13.1. The van der Waals surface area contributed by atoms with Crippen LogP contribution in [0.15, 0.2) is 39.2 Å². The zero-order valence-electron chi connectivity index (χ0n) is 16.3. The average molecular weight is 430 g/mol. The maximum Gasteiger partial charge on any atom is 0.239 e. The number of methoxy groups -OCH3 is 1. The van der Waals surface area contributed by atoms with E-state index in [1.165, 1.54) is 23.1 Å². The lowest BCUT2D eigenvalue weighted by Gasteiger charge is -2.09. The quantitative estimate of drug-likeness (QED) is 0.461. The molecule has 0 saturated carbocycles. The minimum absolute atomic E-state index is 0.137. The minimum atomic E-state index is -0.370. The van der Waals surface area contributed by atoms with E-state index in [2.05, 4.69) is 20.5 Å². The minimum Gasteiger partial charge on any atom is -0.493 e. The van der Waals surface area contributed by atoms with Crippen LogP contribution in [0.25, 0.3) is 22.6 Å². The summed E-state index contributed by atoms with van der Waals surface area (Å²) in [6, 6.07) is 7.60. The lowest BCUT2D eigenvalue weighted by molar-refractivity contribution is -0.115. The van der Waals surface area contributed by atoms with Crippen LogP contribution in [0.5, 0.6) is 5.75 Å². The Morgan fingerprint density at radius 3 is 2.93 bits per heavy atom. The van der Waals surface area contributed by atoms with Crippen molar-refractivity contribution in [3.63, 3.8) is 0 Å². The van der Waals surface area contributed by atoms with E-state index in [9.17, 15) is 4.79 Å². The van der Waals surface area contributed by atoms with Gasteiger partial charge in [0.05, 0.1) is 18.1 Å². The molecule has 0 aliphatic rings. The first-order chi connectivity index (χ1) is 14.0. The Morgan fingerprint density at radius 2 is 2.21 bits per heavy atom. The monoisotopic (exact) mass is 429 g/mol. The van der Waals surface area contributed by atoms with Crippen LogP contribution in [0.2, 0.25) is 0 Å². The summed E-state index contributed by atoms with van der Waals surface area (Å²) in [7, 11) is 3.45. The van der Waals surface area contributed by atoms with Crippen molar-refractivity contribution < 1.29 is 13.9 Å². The third-order valence-electron chi connectivity index (χ3n) is 4.28. The second kappa shape index (κ2) is 7.88. The molecule has 29 heavy (non-hydrogen) atoms. The molecule has 0 radical (unpaired) electrons. The van der Waals surface area contributed by atoms with Crippen LogP contribution in [-0.4, -0.2) is 38.0 Å². The zero-order chi connectivity index (χ0) is 20.5. The number of thiazole rings is 1. The number of fused-ring (bicyclic) bond motifs is 1. The van der Waals surface area contributed by atoms with Gasteiger partial charge in [0.2, 0.25) is 5.91 Å². The number of ether oxygens (including phenoxy) is 1. The number of carbonyl (C=O) groups is 1. The van der Waals surface area contributed by atoms with Crippen LogP contribution < -0.4 is 10.1 Å². The number of amides is 1. The van der Waals surface area contributed by atoms with Crippen molar-refractivity contribution in [3.8, 4) is 17.3 Å². The number of carbonyl (C=O) groups excluding carboxylic acids is 1. The molecule has 4 aromatic rings. The molecule has 1 aromatic carbocycles. The van der Waals surface area contributed by atoms with Crippen molar-refractivity contribution in [3.05, 3.63) is 35.3 Å². The Hall–Kier alpha value is -2.85. The highest BCUT2D eigenvalue weighted by molar-refractivity contribution is 8.00. The van der Waals surface area contributed by atoms with Gasteiger partial charge in [-0.3, -0.25) is 4.79 Å². The van der Waals surface area contributed by atoms with Crippen molar-refractivity contribution >= 4 is 45.1 Å². The summed E-state index contributed by atoms with van der Waals surface area (Å²) in [5.74, 6) is 1.69. The number of hydrogen-bond donors (Lipinski definition) is 1. The molecule has 0 spiro atoms. The van der Waals surface area contributed by atoms with Gasteiger partial charge in [-0.05, 0) is 26.0 Å². The van der Waals surface area contributed by atoms with Gasteiger partial charge in [0.25, 0.3) is 0 Å². The molecule has 10 heteroatoms. The first kappa shape index (κ1) is 19.5. The highest BCUT2D eigenvalue weighted by Crippen LogP contribution is 2.34. The van der Waals surface area contributed by atoms with E-state index in [-0.39, 0.29) is 11.2 Å². The Balaban J connectivity index is 1.53. The van der Waals surface area contributed by atoms with Crippen LogP contribution in [0, 0.1) is 6.92 Å². The molecule has 1 atom stereocenters. The number of nitrogens with zero attached hydrogens (tertiary/aromatic N) is 4. The average Bonchev–Trinajstić information content (AvgIpc) is 3.40. The molecule has 8 nitrogen and oxygen atoms in total. The van der Waals surface area contributed by atoms with E-state index in [0.29, 0.717) is 33.2 Å². The van der Waals surface area contributed by atoms with E-state index in [1.54, 1.807) is 7.11 Å². The second-order valence-electron chi connectivity index (χ2n) is 6.40. The number of anilines is 1. The fourth-order valence-electron chi connectivity index (χ4n) is 2.77. The highest BCUT2D eigenvalue weighted by atomic mass is 32.2. The predicted octanol–water partition coefficient (Wildman–Crippen LogP) is 4.12. The van der Waals surface area contributed by atoms with E-state index >= 15 is 0 Å². The molecule has 0 unspecified atom stereocenters. The summed E-state index contributed by atoms with van der Waals surface area (Å²) >= 11 is 2.73. The lowest BCUT2D eigenvalue weighted by Crippen LogP contribution is -2.22. The number of para-hydroxylation sites is 1. The molecule has 0 aliphatic heterocycles. The number of nitrogens with one attached hydrogen (secondary N) is 1. The number of benzene rings is 1. The molecule has 4 rings (SSSR count). The third-order valence-corrected chi connectivity index (χ3v) is 6.29. The lowest BCUT2D eigenvalue weighted by atomic mass is 10.2. The number of thioether (sulfide) groups is 1. The first-order valence-electron chi connectivity index (χ1n) is 8.82. The zero-order valence-corrected chi connectivity index (χ0v) is 17.9. The van der Waals surface area contributed by atoms with Gasteiger partial charge < -0.3 is 19.0 Å². The maximum absolute atomic E-state index is 12.4. The number of hydrogen-bond acceptors (Lipinski definition) is 8. The standard InChI is InChI=1S/C19H19N5O3S2/c1-10-9-28-18(20-10)21-17(25)11(2)29-19-23-22-16(24(19)3)14-8-12-6-5-7-13(26-4)15(12)27-14/h5-9,11H,1-4H3,(H,20,21,25)/t11-/m0/s1. The van der Waals surface area contributed by atoms with Crippen molar-refractivity contribution in [1.82, 2.24) is 19.7 Å². The number of furan rings is 1. The van der Waals surface area contributed by atoms with Gasteiger partial charge in [-0.25, -0.2) is 4.98 Å². The van der Waals surface area contributed by atoms with Gasteiger partial charge in [0.15, 0.2) is 33.2 Å². The van der Waals surface area contributed by atoms with Crippen LogP contribution in [0.3, 0.4) is 0 Å². The van der Waals surface area contributed by atoms with Crippen LogP contribution in [0.4, 0.5) is 5.13 Å². The van der Waals surface area contributed by atoms with Gasteiger partial charge >= 0.3 is 0 Å². The summed E-state index contributed by atoms with van der Waals surface area (Å²) in [4.78, 5) is 16.7. The van der Waals surface area contributed by atoms with Crippen LogP contribution in [-0.2, 0) is 11.8 Å². The Kier molecular flexibility index (Phi) is 5.29. The van der Waals surface area contributed by atoms with E-state index < -0.39 is 0 Å². The molecular weight excluding hydrogens is 410 g/mol. The van der Waals surface area contributed by atoms with Crippen molar-refractivity contribution in [2.24, 2.45) is 7.05 Å². The van der Waals surface area contributed by atoms with Crippen molar-refractivity contribution in [2.75, 3.05) is 12.4 Å². The normalized spacial score (nSPS) is 12.3. The SMILES string of the molecule is COc1cccc2cc(-c3nnc(S[C@@H](C)C(=O)Nc4nc(C)cs4)n3C)oc12. The molecule has 3 aromatic heterocycles. The van der Waals surface area contributed by atoms with Crippen molar-refractivity contribution in [2.45, 2.75) is 24.3 Å². The highest BCUT2D eigenvalue weighted by Gasteiger charge is 2.22. The summed E-state index contributed by atoms with van der Waals surface area (Å²) in [6.45, 7) is 3.71. The fraction of sp³-hybridized carbons (Fsp3) is 0.263. The van der Waals surface area contributed by atoms with Crippen LogP contribution >= 0.6 is 23.1 Å². The largest absolute Gasteiger partial charge is 0.493 e. The number of aryl methyl sites for hydroxylation is 1. The molecule has 3 heterocycles. The molecule has 0 bridgehead atoms. The van der Waals surface area contributed by atoms with Gasteiger partial charge in [0, 0.05) is 17.8 Å². The second-order valence-corrected chi connectivity index (χ2v) is 8.56. The fourth-order valence-corrected chi connectivity index (χ4v) is 4.28. The van der Waals surface area contributed by atoms with E-state index in [1.807, 2.05) is 55.1 Å². The number of rotatable bonds is 6. The third kappa shape index (κ3) is 3.85. The van der Waals surface area contributed by atoms with Gasteiger partial charge in [0.1, 0.15) is 0 Å². The van der Waals surface area contributed by atoms with E-state index in [4.69, 9.17) is 9.15 Å². The Bertz CT molecular complexity index is 1180. The van der Waals surface area contributed by atoms with Crippen LogP contribution in [0.1, 0.15) is 12.6 Å². The maximum atomic E-state index is 12.4. The van der Waals surface area contributed by atoms with Gasteiger partial charge in [-0.1, -0.05) is 23.9 Å². The van der Waals surface area contributed by atoms with Gasteiger partial charge in [-0.15, -0.1) is 21.5 Å². The molecular formula is C19H19N5O3S2. The molecule has 150 valence electrons. The molecule has 1 N–H and O–H groups in total. The Labute approximate surface area is 175 Å². The first-order valence-corrected chi connectivity index (χ1v) is 10.6. The molecule has 0 saturated heterocycles. The smallest absolute Gasteiger partial charge is 0.239 e. The van der Waals surface area contributed by atoms with Crippen molar-refractivity contribution in [1.29, 1.82) is 0 Å². The summed E-state index contributed by atoms with van der Waals surface area (Å²) in [6.07, 6.45) is 0. The van der Waals surface area contributed by atoms with E-state index in [0.717, 1.165) is 11.1 Å². The molecule has 1 amide bonds. The molecule has 0 fully saturated rings. The number of aromatic nitrogens is 4.